The standard InChI is InChI=1S/C19H21BrN2O2/c1-14-12-21-10-11-22(14)19(23)16-8-6-15(7-9-16)13-24-18-5-3-2-4-17(18)20/h2-9,14,21H,10-13H2,1H3/t14-/m1/s1. The topological polar surface area (TPSA) is 41.6 Å². The molecule has 1 atom stereocenters. The van der Waals surface area contributed by atoms with Crippen LogP contribution in [0.1, 0.15) is 22.8 Å². The van der Waals surface area contributed by atoms with Gasteiger partial charge >= 0.3 is 0 Å². The van der Waals surface area contributed by atoms with Gasteiger partial charge in [0.05, 0.1) is 4.47 Å². The van der Waals surface area contributed by atoms with Gasteiger partial charge in [0.2, 0.25) is 0 Å². The van der Waals surface area contributed by atoms with Crippen molar-refractivity contribution in [1.29, 1.82) is 0 Å². The maximum absolute atomic E-state index is 12.6. The van der Waals surface area contributed by atoms with Crippen molar-refractivity contribution in [3.63, 3.8) is 0 Å². The molecule has 2 aromatic rings. The van der Waals surface area contributed by atoms with Gasteiger partial charge < -0.3 is 15.0 Å². The smallest absolute Gasteiger partial charge is 0.254 e. The number of para-hydroxylation sites is 1. The van der Waals surface area contributed by atoms with E-state index >= 15 is 0 Å². The van der Waals surface area contributed by atoms with E-state index in [9.17, 15) is 4.79 Å². The molecule has 1 aliphatic heterocycles. The fourth-order valence-corrected chi connectivity index (χ4v) is 3.17. The Kier molecular flexibility index (Phi) is 5.53. The lowest BCUT2D eigenvalue weighted by molar-refractivity contribution is 0.0655. The molecule has 0 spiro atoms. The highest BCUT2D eigenvalue weighted by Crippen LogP contribution is 2.24. The molecule has 1 saturated heterocycles. The number of halogens is 1. The van der Waals surface area contributed by atoms with E-state index in [4.69, 9.17) is 4.74 Å². The third-order valence-electron chi connectivity index (χ3n) is 4.19. The molecule has 126 valence electrons. The van der Waals surface area contributed by atoms with Crippen LogP contribution in [0.5, 0.6) is 5.75 Å². The molecule has 3 rings (SSSR count). The van der Waals surface area contributed by atoms with Crippen LogP contribution in [0.2, 0.25) is 0 Å². The summed E-state index contributed by atoms with van der Waals surface area (Å²) in [6.45, 7) is 5.01. The minimum absolute atomic E-state index is 0.0993. The first-order valence-corrected chi connectivity index (χ1v) is 8.92. The Labute approximate surface area is 150 Å². The van der Waals surface area contributed by atoms with Gasteiger partial charge in [-0.25, -0.2) is 0 Å². The zero-order valence-corrected chi connectivity index (χ0v) is 15.3. The molecule has 0 aliphatic carbocycles. The predicted molar refractivity (Wildman–Crippen MR) is 98.3 cm³/mol. The van der Waals surface area contributed by atoms with E-state index in [-0.39, 0.29) is 11.9 Å². The van der Waals surface area contributed by atoms with Crippen molar-refractivity contribution >= 4 is 21.8 Å². The number of ether oxygens (including phenoxy) is 1. The lowest BCUT2D eigenvalue weighted by Crippen LogP contribution is -2.52. The number of amides is 1. The van der Waals surface area contributed by atoms with Gasteiger partial charge in [0.25, 0.3) is 5.91 Å². The first-order valence-electron chi connectivity index (χ1n) is 8.13. The van der Waals surface area contributed by atoms with E-state index in [0.29, 0.717) is 6.61 Å². The van der Waals surface area contributed by atoms with Gasteiger partial charge in [-0.05, 0) is 52.7 Å². The molecular formula is C19H21BrN2O2. The van der Waals surface area contributed by atoms with E-state index in [1.54, 1.807) is 0 Å². The van der Waals surface area contributed by atoms with Crippen molar-refractivity contribution in [1.82, 2.24) is 10.2 Å². The maximum Gasteiger partial charge on any atom is 0.254 e. The average molecular weight is 389 g/mol. The Morgan fingerprint density at radius 3 is 2.71 bits per heavy atom. The Bertz CT molecular complexity index is 703. The SMILES string of the molecule is C[C@@H]1CNCCN1C(=O)c1ccc(COc2ccccc2Br)cc1. The molecule has 1 amide bonds. The molecule has 0 aromatic heterocycles. The van der Waals surface area contributed by atoms with Crippen LogP contribution in [0.3, 0.4) is 0 Å². The molecule has 2 aromatic carbocycles. The highest BCUT2D eigenvalue weighted by atomic mass is 79.9. The second-order valence-electron chi connectivity index (χ2n) is 5.97. The molecule has 1 fully saturated rings. The van der Waals surface area contributed by atoms with E-state index in [1.807, 2.05) is 53.4 Å². The van der Waals surface area contributed by atoms with Crippen LogP contribution in [0.25, 0.3) is 0 Å². The van der Waals surface area contributed by atoms with E-state index in [0.717, 1.165) is 41.0 Å². The second kappa shape index (κ2) is 7.81. The summed E-state index contributed by atoms with van der Waals surface area (Å²) in [6, 6.07) is 15.7. The largest absolute Gasteiger partial charge is 0.488 e. The summed E-state index contributed by atoms with van der Waals surface area (Å²) in [5, 5.41) is 3.30. The van der Waals surface area contributed by atoms with E-state index in [1.165, 1.54) is 0 Å². The molecule has 4 nitrogen and oxygen atoms in total. The molecule has 0 radical (unpaired) electrons. The summed E-state index contributed by atoms with van der Waals surface area (Å²) in [5.41, 5.74) is 1.77. The average Bonchev–Trinajstić information content (AvgIpc) is 2.61. The van der Waals surface area contributed by atoms with E-state index in [2.05, 4.69) is 28.2 Å². The number of rotatable bonds is 4. The summed E-state index contributed by atoms with van der Waals surface area (Å²) in [4.78, 5) is 14.5. The first-order chi connectivity index (χ1) is 11.6. The quantitative estimate of drug-likeness (QED) is 0.871. The number of hydrogen-bond acceptors (Lipinski definition) is 3. The Hall–Kier alpha value is -1.85. The fourth-order valence-electron chi connectivity index (χ4n) is 2.77. The highest BCUT2D eigenvalue weighted by Gasteiger charge is 2.23. The molecule has 0 unspecified atom stereocenters. The normalized spacial score (nSPS) is 17.6. The molecule has 0 bridgehead atoms. The number of carbonyl (C=O) groups excluding carboxylic acids is 1. The van der Waals surface area contributed by atoms with Crippen LogP contribution < -0.4 is 10.1 Å². The zero-order valence-electron chi connectivity index (χ0n) is 13.7. The zero-order chi connectivity index (χ0) is 16.9. The molecule has 5 heteroatoms. The van der Waals surface area contributed by atoms with Crippen molar-refractivity contribution < 1.29 is 9.53 Å². The van der Waals surface area contributed by atoms with Crippen LogP contribution in [-0.2, 0) is 6.61 Å². The second-order valence-corrected chi connectivity index (χ2v) is 6.82. The minimum atomic E-state index is 0.0993. The van der Waals surface area contributed by atoms with Crippen molar-refractivity contribution in [2.45, 2.75) is 19.6 Å². The first kappa shape index (κ1) is 17.0. The van der Waals surface area contributed by atoms with Gasteiger partial charge in [0.15, 0.2) is 0 Å². The molecule has 0 saturated carbocycles. The van der Waals surface area contributed by atoms with Crippen molar-refractivity contribution in [3.05, 3.63) is 64.1 Å². The molecular weight excluding hydrogens is 368 g/mol. The highest BCUT2D eigenvalue weighted by molar-refractivity contribution is 9.10. The molecule has 1 N–H and O–H groups in total. The van der Waals surface area contributed by atoms with Crippen LogP contribution in [0.15, 0.2) is 53.0 Å². The Balaban J connectivity index is 1.63. The number of hydrogen-bond donors (Lipinski definition) is 1. The van der Waals surface area contributed by atoms with E-state index < -0.39 is 0 Å². The van der Waals surface area contributed by atoms with Crippen molar-refractivity contribution in [2.75, 3.05) is 19.6 Å². The number of piperazine rings is 1. The lowest BCUT2D eigenvalue weighted by Gasteiger charge is -2.34. The summed E-state index contributed by atoms with van der Waals surface area (Å²) >= 11 is 3.47. The third-order valence-corrected chi connectivity index (χ3v) is 4.85. The Morgan fingerprint density at radius 1 is 1.25 bits per heavy atom. The molecule has 1 aliphatic rings. The van der Waals surface area contributed by atoms with Gasteiger partial charge in [-0.2, -0.15) is 0 Å². The number of carbonyl (C=O) groups is 1. The summed E-state index contributed by atoms with van der Waals surface area (Å²) in [7, 11) is 0. The summed E-state index contributed by atoms with van der Waals surface area (Å²) in [5.74, 6) is 0.912. The van der Waals surface area contributed by atoms with Crippen LogP contribution in [0.4, 0.5) is 0 Å². The van der Waals surface area contributed by atoms with Crippen LogP contribution >= 0.6 is 15.9 Å². The Morgan fingerprint density at radius 2 is 2.00 bits per heavy atom. The number of benzene rings is 2. The van der Waals surface area contributed by atoms with Gasteiger partial charge in [-0.3, -0.25) is 4.79 Å². The van der Waals surface area contributed by atoms with Crippen molar-refractivity contribution in [3.8, 4) is 5.75 Å². The van der Waals surface area contributed by atoms with Gasteiger partial charge in [-0.15, -0.1) is 0 Å². The molecule has 1 heterocycles. The lowest BCUT2D eigenvalue weighted by atomic mass is 10.1. The fraction of sp³-hybridized carbons (Fsp3) is 0.316. The van der Waals surface area contributed by atoms with Gasteiger partial charge in [-0.1, -0.05) is 24.3 Å². The number of nitrogens with zero attached hydrogens (tertiary/aromatic N) is 1. The van der Waals surface area contributed by atoms with Gasteiger partial charge in [0, 0.05) is 31.2 Å². The maximum atomic E-state index is 12.6. The summed E-state index contributed by atoms with van der Waals surface area (Å²) in [6.07, 6.45) is 0. The summed E-state index contributed by atoms with van der Waals surface area (Å²) < 4.78 is 6.74. The third kappa shape index (κ3) is 3.97. The van der Waals surface area contributed by atoms with Crippen molar-refractivity contribution in [2.24, 2.45) is 0 Å². The predicted octanol–water partition coefficient (Wildman–Crippen LogP) is 3.46. The number of nitrogens with one attached hydrogen (secondary N) is 1. The van der Waals surface area contributed by atoms with Crippen LogP contribution in [0, 0.1) is 0 Å². The minimum Gasteiger partial charge on any atom is -0.488 e. The van der Waals surface area contributed by atoms with Gasteiger partial charge in [0.1, 0.15) is 12.4 Å². The van der Waals surface area contributed by atoms with Crippen LogP contribution in [-0.4, -0.2) is 36.5 Å². The monoisotopic (exact) mass is 388 g/mol. The molecule has 24 heavy (non-hydrogen) atoms.